The summed E-state index contributed by atoms with van der Waals surface area (Å²) < 4.78 is 32.0. The normalized spacial score (nSPS) is 10.4. The van der Waals surface area contributed by atoms with Crippen molar-refractivity contribution in [3.05, 3.63) is 47.5 Å². The Morgan fingerprint density at radius 1 is 1.24 bits per heavy atom. The molecule has 21 heavy (non-hydrogen) atoms. The number of nitrogens with two attached hydrogens (primary N) is 1. The maximum atomic E-state index is 13.5. The third-order valence-electron chi connectivity index (χ3n) is 2.80. The molecule has 2 aromatic rings. The van der Waals surface area contributed by atoms with Crippen molar-refractivity contribution in [2.45, 2.75) is 19.9 Å². The molecule has 1 aromatic heterocycles. The Morgan fingerprint density at radius 3 is 2.81 bits per heavy atom. The van der Waals surface area contributed by atoms with Crippen LogP contribution in [0.1, 0.15) is 18.9 Å². The van der Waals surface area contributed by atoms with Gasteiger partial charge in [-0.05, 0) is 36.8 Å². The van der Waals surface area contributed by atoms with Gasteiger partial charge < -0.3 is 15.8 Å². The number of anilines is 2. The van der Waals surface area contributed by atoms with Crippen LogP contribution >= 0.6 is 0 Å². The van der Waals surface area contributed by atoms with E-state index in [2.05, 4.69) is 10.3 Å². The van der Waals surface area contributed by atoms with Gasteiger partial charge in [0.1, 0.15) is 17.5 Å². The highest BCUT2D eigenvalue weighted by molar-refractivity contribution is 5.53. The summed E-state index contributed by atoms with van der Waals surface area (Å²) in [6.07, 6.45) is 0.841. The van der Waals surface area contributed by atoms with Crippen molar-refractivity contribution < 1.29 is 13.5 Å². The molecule has 0 aliphatic carbocycles. The molecule has 1 aromatic carbocycles. The second-order valence-electron chi connectivity index (χ2n) is 4.53. The van der Waals surface area contributed by atoms with E-state index in [9.17, 15) is 8.78 Å². The lowest BCUT2D eigenvalue weighted by molar-refractivity contribution is 0.307. The Balaban J connectivity index is 2.07. The molecule has 0 spiro atoms. The van der Waals surface area contributed by atoms with Crippen LogP contribution in [0.25, 0.3) is 0 Å². The van der Waals surface area contributed by atoms with Gasteiger partial charge in [0.05, 0.1) is 12.3 Å². The van der Waals surface area contributed by atoms with Crippen LogP contribution in [0.2, 0.25) is 0 Å². The highest BCUT2D eigenvalue weighted by Crippen LogP contribution is 2.21. The Labute approximate surface area is 122 Å². The van der Waals surface area contributed by atoms with Crippen molar-refractivity contribution in [1.82, 2.24) is 4.98 Å². The molecule has 6 heteroatoms. The molecule has 0 atom stereocenters. The van der Waals surface area contributed by atoms with E-state index in [1.165, 1.54) is 0 Å². The zero-order valence-electron chi connectivity index (χ0n) is 11.7. The van der Waals surface area contributed by atoms with E-state index in [0.717, 1.165) is 24.6 Å². The van der Waals surface area contributed by atoms with Crippen LogP contribution in [-0.4, -0.2) is 11.6 Å². The first-order chi connectivity index (χ1) is 10.1. The van der Waals surface area contributed by atoms with Crippen LogP contribution in [0.3, 0.4) is 0 Å². The Morgan fingerprint density at radius 2 is 2.05 bits per heavy atom. The van der Waals surface area contributed by atoms with Crippen LogP contribution in [0.15, 0.2) is 30.3 Å². The summed E-state index contributed by atoms with van der Waals surface area (Å²) >= 11 is 0. The maximum Gasteiger partial charge on any atom is 0.239 e. The van der Waals surface area contributed by atoms with Crippen molar-refractivity contribution in [1.29, 1.82) is 0 Å². The Hall–Kier alpha value is -2.37. The van der Waals surface area contributed by atoms with Gasteiger partial charge in [-0.1, -0.05) is 6.92 Å². The number of hydrogen-bond acceptors (Lipinski definition) is 4. The predicted molar refractivity (Wildman–Crippen MR) is 78.1 cm³/mol. The number of rotatable bonds is 6. The molecule has 0 saturated carbocycles. The van der Waals surface area contributed by atoms with Gasteiger partial charge in [0.25, 0.3) is 0 Å². The van der Waals surface area contributed by atoms with Crippen molar-refractivity contribution in [2.24, 2.45) is 0 Å². The van der Waals surface area contributed by atoms with Crippen molar-refractivity contribution in [3.63, 3.8) is 0 Å². The van der Waals surface area contributed by atoms with Crippen LogP contribution in [0, 0.1) is 11.6 Å². The quantitative estimate of drug-likeness (QED) is 0.857. The van der Waals surface area contributed by atoms with Crippen molar-refractivity contribution in [3.8, 4) is 5.88 Å². The maximum absolute atomic E-state index is 13.5. The van der Waals surface area contributed by atoms with Crippen LogP contribution in [0.5, 0.6) is 5.88 Å². The monoisotopic (exact) mass is 293 g/mol. The fourth-order valence-corrected chi connectivity index (χ4v) is 1.73. The fraction of sp³-hybridized carbons (Fsp3) is 0.267. The van der Waals surface area contributed by atoms with Crippen LogP contribution in [-0.2, 0) is 6.54 Å². The molecule has 0 saturated heterocycles. The molecular formula is C15H17F2N3O. The van der Waals surface area contributed by atoms with Gasteiger partial charge in [0.15, 0.2) is 0 Å². The number of pyridine rings is 1. The highest BCUT2D eigenvalue weighted by Gasteiger charge is 2.07. The van der Waals surface area contributed by atoms with Gasteiger partial charge in [-0.3, -0.25) is 0 Å². The second kappa shape index (κ2) is 6.88. The molecule has 0 fully saturated rings. The van der Waals surface area contributed by atoms with E-state index in [1.54, 1.807) is 12.1 Å². The second-order valence-corrected chi connectivity index (χ2v) is 4.53. The lowest BCUT2D eigenvalue weighted by atomic mass is 10.2. The lowest BCUT2D eigenvalue weighted by Crippen LogP contribution is -2.07. The first-order valence-electron chi connectivity index (χ1n) is 6.67. The minimum absolute atomic E-state index is 0.119. The Kier molecular flexibility index (Phi) is 4.92. The fourth-order valence-electron chi connectivity index (χ4n) is 1.73. The number of benzene rings is 1. The number of nitrogens with one attached hydrogen (secondary N) is 1. The molecule has 1 heterocycles. The minimum Gasteiger partial charge on any atom is -0.476 e. The molecule has 0 aliphatic rings. The van der Waals surface area contributed by atoms with E-state index in [-0.39, 0.29) is 12.1 Å². The summed E-state index contributed by atoms with van der Waals surface area (Å²) in [6, 6.07) is 6.64. The summed E-state index contributed by atoms with van der Waals surface area (Å²) in [5.74, 6) is -0.132. The molecule has 0 aliphatic heterocycles. The smallest absolute Gasteiger partial charge is 0.239 e. The lowest BCUT2D eigenvalue weighted by Gasteiger charge is -2.11. The van der Waals surface area contributed by atoms with E-state index in [1.807, 2.05) is 6.92 Å². The SMILES string of the molecule is CCCOc1nc(NCc2cc(F)ccc2F)ccc1N. The summed E-state index contributed by atoms with van der Waals surface area (Å²) in [6.45, 7) is 2.61. The molecule has 112 valence electrons. The summed E-state index contributed by atoms with van der Waals surface area (Å²) in [4.78, 5) is 4.20. The molecular weight excluding hydrogens is 276 g/mol. The molecule has 0 amide bonds. The van der Waals surface area contributed by atoms with E-state index >= 15 is 0 Å². The summed E-state index contributed by atoms with van der Waals surface area (Å²) in [5.41, 5.74) is 6.42. The van der Waals surface area contributed by atoms with Gasteiger partial charge in [0.2, 0.25) is 5.88 Å². The minimum atomic E-state index is -0.481. The highest BCUT2D eigenvalue weighted by atomic mass is 19.1. The predicted octanol–water partition coefficient (Wildman–Crippen LogP) is 3.34. The van der Waals surface area contributed by atoms with Crippen molar-refractivity contribution >= 4 is 11.5 Å². The van der Waals surface area contributed by atoms with Gasteiger partial charge >= 0.3 is 0 Å². The third kappa shape index (κ3) is 4.05. The topological polar surface area (TPSA) is 60.2 Å². The molecule has 0 unspecified atom stereocenters. The standard InChI is InChI=1S/C15H17F2N3O/c1-2-7-21-15-13(18)5-6-14(20-15)19-9-10-8-11(16)3-4-12(10)17/h3-6,8H,2,7,9,18H2,1H3,(H,19,20). The number of halogens is 2. The molecule has 3 N–H and O–H groups in total. The van der Waals surface area contributed by atoms with E-state index in [4.69, 9.17) is 10.5 Å². The third-order valence-corrected chi connectivity index (χ3v) is 2.80. The molecule has 2 rings (SSSR count). The van der Waals surface area contributed by atoms with E-state index in [0.29, 0.717) is 24.0 Å². The molecule has 4 nitrogen and oxygen atoms in total. The van der Waals surface area contributed by atoms with Gasteiger partial charge in [-0.25, -0.2) is 8.78 Å². The van der Waals surface area contributed by atoms with Gasteiger partial charge in [-0.15, -0.1) is 0 Å². The number of hydrogen-bond donors (Lipinski definition) is 2. The number of nitrogens with zero attached hydrogens (tertiary/aromatic N) is 1. The van der Waals surface area contributed by atoms with Crippen LogP contribution in [0.4, 0.5) is 20.3 Å². The molecule has 0 bridgehead atoms. The first kappa shape index (κ1) is 15.0. The zero-order chi connectivity index (χ0) is 15.2. The number of aromatic nitrogens is 1. The number of ether oxygens (including phenoxy) is 1. The average Bonchev–Trinajstić information content (AvgIpc) is 2.48. The average molecular weight is 293 g/mol. The summed E-state index contributed by atoms with van der Waals surface area (Å²) in [7, 11) is 0. The van der Waals surface area contributed by atoms with Gasteiger partial charge in [-0.2, -0.15) is 4.98 Å². The van der Waals surface area contributed by atoms with Crippen molar-refractivity contribution in [2.75, 3.05) is 17.7 Å². The Bertz CT molecular complexity index is 620. The zero-order valence-corrected chi connectivity index (χ0v) is 11.7. The van der Waals surface area contributed by atoms with E-state index < -0.39 is 11.6 Å². The van der Waals surface area contributed by atoms with Crippen LogP contribution < -0.4 is 15.8 Å². The van der Waals surface area contributed by atoms with Gasteiger partial charge in [0, 0.05) is 12.1 Å². The largest absolute Gasteiger partial charge is 0.476 e. The summed E-state index contributed by atoms with van der Waals surface area (Å²) in [5, 5.41) is 2.92. The molecule has 0 radical (unpaired) electrons. The first-order valence-corrected chi connectivity index (χ1v) is 6.67. The number of nitrogen functional groups attached to an aromatic ring is 1.